The molecule has 188 valence electrons. The van der Waals surface area contributed by atoms with Gasteiger partial charge in [0.25, 0.3) is 0 Å². The number of pyridine rings is 1. The normalized spacial score (nSPS) is 22.0. The maximum Gasteiger partial charge on any atom is 0.329 e. The van der Waals surface area contributed by atoms with Gasteiger partial charge in [-0.25, -0.2) is 9.78 Å². The van der Waals surface area contributed by atoms with Crippen molar-refractivity contribution in [2.24, 2.45) is 12.5 Å². The number of carbonyl (C=O) groups excluding carboxylic acids is 2. The van der Waals surface area contributed by atoms with Gasteiger partial charge >= 0.3 is 5.69 Å². The minimum atomic E-state index is -0.679. The highest BCUT2D eigenvalue weighted by molar-refractivity contribution is 6.00. The number of benzene rings is 1. The molecule has 2 aromatic heterocycles. The van der Waals surface area contributed by atoms with Crippen LogP contribution in [0.15, 0.2) is 41.3 Å². The van der Waals surface area contributed by atoms with Gasteiger partial charge in [0.2, 0.25) is 11.8 Å². The number of piperidine rings is 2. The topological polar surface area (TPSA) is 124 Å². The van der Waals surface area contributed by atoms with Crippen LogP contribution in [0.2, 0.25) is 0 Å². The smallest absolute Gasteiger partial charge is 0.329 e. The molecule has 2 aliphatic heterocycles. The third-order valence-corrected chi connectivity index (χ3v) is 8.15. The Morgan fingerprint density at radius 1 is 1.11 bits per heavy atom. The van der Waals surface area contributed by atoms with E-state index in [1.165, 1.54) is 0 Å². The van der Waals surface area contributed by atoms with Gasteiger partial charge in [-0.2, -0.15) is 0 Å². The fourth-order valence-electron chi connectivity index (χ4n) is 6.18. The van der Waals surface area contributed by atoms with Gasteiger partial charge in [-0.1, -0.05) is 6.07 Å². The Balaban J connectivity index is 1.18. The minimum Gasteiger partial charge on any atom is -0.489 e. The zero-order chi connectivity index (χ0) is 25.0. The van der Waals surface area contributed by atoms with Gasteiger partial charge in [0.1, 0.15) is 17.6 Å². The van der Waals surface area contributed by atoms with Crippen molar-refractivity contribution in [3.8, 4) is 5.75 Å². The number of fused-ring (bicyclic) bond motifs is 1. The Morgan fingerprint density at radius 2 is 1.89 bits per heavy atom. The van der Waals surface area contributed by atoms with Crippen LogP contribution in [-0.2, 0) is 16.6 Å². The third kappa shape index (κ3) is 3.71. The van der Waals surface area contributed by atoms with Crippen LogP contribution in [0.3, 0.4) is 0 Å². The van der Waals surface area contributed by atoms with E-state index in [4.69, 9.17) is 10.5 Å². The molecule has 36 heavy (non-hydrogen) atoms. The monoisotopic (exact) mass is 490 g/mol. The van der Waals surface area contributed by atoms with Gasteiger partial charge in [-0.15, -0.1) is 0 Å². The number of imide groups is 1. The quantitative estimate of drug-likeness (QED) is 0.537. The summed E-state index contributed by atoms with van der Waals surface area (Å²) in [5, 5.41) is 2.37. The summed E-state index contributed by atoms with van der Waals surface area (Å²) in [6, 6.07) is 8.82. The van der Waals surface area contributed by atoms with Crippen molar-refractivity contribution in [2.45, 2.75) is 50.7 Å². The first-order valence-electron chi connectivity index (χ1n) is 12.5. The first kappa shape index (κ1) is 22.6. The molecule has 6 rings (SSSR count). The van der Waals surface area contributed by atoms with Gasteiger partial charge < -0.3 is 15.4 Å². The molecule has 1 unspecified atom stereocenters. The van der Waals surface area contributed by atoms with Crippen molar-refractivity contribution < 1.29 is 14.3 Å². The molecule has 3 fully saturated rings. The fourth-order valence-corrected chi connectivity index (χ4v) is 6.18. The molecule has 1 saturated carbocycles. The molecular formula is C26H30N6O4. The van der Waals surface area contributed by atoms with Crippen molar-refractivity contribution in [1.29, 1.82) is 0 Å². The molecule has 10 heteroatoms. The summed E-state index contributed by atoms with van der Waals surface area (Å²) in [5.41, 5.74) is 8.27. The fraction of sp³-hybridized carbons (Fsp3) is 0.462. The maximum atomic E-state index is 13.2. The SMILES string of the molecule is Cn1c(=O)n(C2CCC(=O)NC2=O)c2cccc(N3CCC4(CC3)CC(Oc3ccc(N)nc3)C4)c21. The highest BCUT2D eigenvalue weighted by Gasteiger charge is 2.47. The Bertz CT molecular complexity index is 1390. The van der Waals surface area contributed by atoms with Gasteiger partial charge in [-0.05, 0) is 61.8 Å². The standard InChI is InChI=1S/C26H30N6O4/c1-30-23-18(3-2-4-19(23)32(25(30)35)20-6-8-22(33)29-24(20)34)31-11-9-26(10-12-31)13-17(14-26)36-16-5-7-21(27)28-15-16/h2-5,7,15,17,20H,6,8-14H2,1H3,(H2,27,28)(H,29,33,34). The van der Waals surface area contributed by atoms with Gasteiger partial charge in [0.05, 0.1) is 29.0 Å². The number of nitrogen functional groups attached to an aromatic ring is 1. The number of nitrogens with one attached hydrogen (secondary N) is 1. The van der Waals surface area contributed by atoms with Gasteiger partial charge in [0.15, 0.2) is 0 Å². The van der Waals surface area contributed by atoms with E-state index in [2.05, 4.69) is 21.3 Å². The van der Waals surface area contributed by atoms with Crippen LogP contribution in [0.5, 0.6) is 5.75 Å². The van der Waals surface area contributed by atoms with E-state index in [0.29, 0.717) is 17.7 Å². The molecule has 2 amide bonds. The molecule has 3 aromatic rings. The van der Waals surface area contributed by atoms with Crippen LogP contribution in [0.25, 0.3) is 11.0 Å². The third-order valence-electron chi connectivity index (χ3n) is 8.15. The Morgan fingerprint density at radius 3 is 2.58 bits per heavy atom. The highest BCUT2D eigenvalue weighted by Crippen LogP contribution is 2.51. The van der Waals surface area contributed by atoms with Crippen molar-refractivity contribution in [1.82, 2.24) is 19.4 Å². The van der Waals surface area contributed by atoms with E-state index in [9.17, 15) is 14.4 Å². The summed E-state index contributed by atoms with van der Waals surface area (Å²) >= 11 is 0. The summed E-state index contributed by atoms with van der Waals surface area (Å²) in [6.07, 6.45) is 6.61. The lowest BCUT2D eigenvalue weighted by molar-refractivity contribution is -0.135. The van der Waals surface area contributed by atoms with Crippen LogP contribution < -0.4 is 26.4 Å². The number of carbonyl (C=O) groups is 2. The molecule has 3 N–H and O–H groups in total. The van der Waals surface area contributed by atoms with E-state index >= 15 is 0 Å². The molecule has 1 atom stereocenters. The predicted octanol–water partition coefficient (Wildman–Crippen LogP) is 2.12. The van der Waals surface area contributed by atoms with Crippen molar-refractivity contribution in [3.05, 3.63) is 47.0 Å². The highest BCUT2D eigenvalue weighted by atomic mass is 16.5. The van der Waals surface area contributed by atoms with Crippen molar-refractivity contribution in [3.63, 3.8) is 0 Å². The number of anilines is 2. The Hall–Kier alpha value is -3.82. The zero-order valence-corrected chi connectivity index (χ0v) is 20.3. The van der Waals surface area contributed by atoms with E-state index in [1.54, 1.807) is 28.4 Å². The van der Waals surface area contributed by atoms with Crippen LogP contribution in [0, 0.1) is 5.41 Å². The molecule has 1 aromatic carbocycles. The number of hydrogen-bond acceptors (Lipinski definition) is 7. The average molecular weight is 491 g/mol. The number of aryl methyl sites for hydroxylation is 1. The van der Waals surface area contributed by atoms with Crippen LogP contribution >= 0.6 is 0 Å². The van der Waals surface area contributed by atoms with Crippen LogP contribution in [-0.4, -0.2) is 45.1 Å². The van der Waals surface area contributed by atoms with Crippen molar-refractivity contribution >= 4 is 34.4 Å². The molecule has 4 heterocycles. The summed E-state index contributed by atoms with van der Waals surface area (Å²) in [5.74, 6) is 0.540. The van der Waals surface area contributed by atoms with Gasteiger partial charge in [-0.3, -0.25) is 24.0 Å². The number of aromatic nitrogens is 3. The molecule has 1 spiro atoms. The minimum absolute atomic E-state index is 0.203. The molecule has 3 aliphatic rings. The summed E-state index contributed by atoms with van der Waals surface area (Å²) < 4.78 is 9.26. The first-order valence-corrected chi connectivity index (χ1v) is 12.5. The molecule has 0 radical (unpaired) electrons. The maximum absolute atomic E-state index is 13.2. The Labute approximate surface area is 208 Å². The van der Waals surface area contributed by atoms with E-state index in [0.717, 1.165) is 61.2 Å². The Kier molecular flexibility index (Phi) is 5.27. The molecular weight excluding hydrogens is 460 g/mol. The molecule has 2 saturated heterocycles. The van der Waals surface area contributed by atoms with Crippen LogP contribution in [0.4, 0.5) is 11.5 Å². The number of nitrogens with two attached hydrogens (primary N) is 1. The molecule has 10 nitrogen and oxygen atoms in total. The number of para-hydroxylation sites is 1. The number of amides is 2. The summed E-state index contributed by atoms with van der Waals surface area (Å²) in [4.78, 5) is 43.8. The number of nitrogens with zero attached hydrogens (tertiary/aromatic N) is 4. The first-order chi connectivity index (χ1) is 17.3. The average Bonchev–Trinajstić information content (AvgIpc) is 3.10. The van der Waals surface area contributed by atoms with Crippen molar-refractivity contribution in [2.75, 3.05) is 23.7 Å². The number of hydrogen-bond donors (Lipinski definition) is 2. The molecule has 0 bridgehead atoms. The second kappa shape index (κ2) is 8.39. The van der Waals surface area contributed by atoms with Crippen LogP contribution in [0.1, 0.15) is 44.6 Å². The summed E-state index contributed by atoms with van der Waals surface area (Å²) in [6.45, 7) is 1.79. The second-order valence-electron chi connectivity index (χ2n) is 10.4. The lowest BCUT2D eigenvalue weighted by Gasteiger charge is -2.52. The predicted molar refractivity (Wildman–Crippen MR) is 135 cm³/mol. The number of imidazole rings is 1. The largest absolute Gasteiger partial charge is 0.489 e. The zero-order valence-electron chi connectivity index (χ0n) is 20.3. The lowest BCUT2D eigenvalue weighted by Crippen LogP contribution is -2.51. The van der Waals surface area contributed by atoms with E-state index in [-0.39, 0.29) is 24.1 Å². The number of rotatable bonds is 4. The second-order valence-corrected chi connectivity index (χ2v) is 10.4. The van der Waals surface area contributed by atoms with Gasteiger partial charge in [0, 0.05) is 26.6 Å². The molecule has 1 aliphatic carbocycles. The number of ether oxygens (including phenoxy) is 1. The van der Waals surface area contributed by atoms with E-state index in [1.807, 2.05) is 18.2 Å². The lowest BCUT2D eigenvalue weighted by atomic mass is 9.61. The summed E-state index contributed by atoms with van der Waals surface area (Å²) in [7, 11) is 1.75. The van der Waals surface area contributed by atoms with E-state index < -0.39 is 11.9 Å².